The molecule has 0 atom stereocenters. The fourth-order valence-corrected chi connectivity index (χ4v) is 0.744. The highest BCUT2D eigenvalue weighted by Crippen LogP contribution is 2.14. The van der Waals surface area contributed by atoms with E-state index in [1.807, 2.05) is 0 Å². The zero-order valence-electron chi connectivity index (χ0n) is 4.98. The second kappa shape index (κ2) is 1.70. The van der Waals surface area contributed by atoms with Crippen LogP contribution in [0.3, 0.4) is 0 Å². The Morgan fingerprint density at radius 1 is 1.40 bits per heavy atom. The van der Waals surface area contributed by atoms with Crippen molar-refractivity contribution in [1.29, 1.82) is 0 Å². The summed E-state index contributed by atoms with van der Waals surface area (Å²) in [5.41, 5.74) is 1.01. The average Bonchev–Trinajstić information content (AvgIpc) is 2.33. The summed E-state index contributed by atoms with van der Waals surface area (Å²) in [5.74, 6) is 0.0873. The maximum Gasteiger partial charge on any atom is 0.198 e. The normalized spacial score (nSPS) is 10.4. The molecule has 0 aliphatic rings. The summed E-state index contributed by atoms with van der Waals surface area (Å²) in [5, 5.41) is 8.90. The van der Waals surface area contributed by atoms with Gasteiger partial charge in [0.15, 0.2) is 17.6 Å². The van der Waals surface area contributed by atoms with Gasteiger partial charge in [0.25, 0.3) is 0 Å². The zero-order chi connectivity index (χ0) is 6.97. The first-order valence-electron chi connectivity index (χ1n) is 2.74. The van der Waals surface area contributed by atoms with E-state index < -0.39 is 0 Å². The van der Waals surface area contributed by atoms with Gasteiger partial charge in [0, 0.05) is 6.07 Å². The predicted molar refractivity (Wildman–Crippen MR) is 33.5 cm³/mol. The smallest absolute Gasteiger partial charge is 0.198 e. The van der Waals surface area contributed by atoms with Gasteiger partial charge in [0.1, 0.15) is 5.75 Å². The Balaban J connectivity index is 2.86. The van der Waals surface area contributed by atoms with Crippen molar-refractivity contribution >= 4 is 11.2 Å². The number of pyridine rings is 1. The lowest BCUT2D eigenvalue weighted by atomic mass is 10.4. The summed E-state index contributed by atoms with van der Waals surface area (Å²) in [4.78, 5) is 7.56. The number of oxazole rings is 1. The Bertz CT molecular complexity index is 355. The molecule has 0 aliphatic heterocycles. The van der Waals surface area contributed by atoms with Crippen molar-refractivity contribution in [3.05, 3.63) is 18.7 Å². The summed E-state index contributed by atoms with van der Waals surface area (Å²) < 4.78 is 4.87. The minimum atomic E-state index is 0.0873. The van der Waals surface area contributed by atoms with Gasteiger partial charge in [0.05, 0.1) is 6.20 Å². The summed E-state index contributed by atoms with van der Waals surface area (Å²) in [6.07, 6.45) is 2.61. The molecule has 0 aliphatic carbocycles. The van der Waals surface area contributed by atoms with E-state index >= 15 is 0 Å². The van der Waals surface area contributed by atoms with Crippen LogP contribution in [-0.4, -0.2) is 15.1 Å². The van der Waals surface area contributed by atoms with E-state index in [1.54, 1.807) is 0 Å². The van der Waals surface area contributed by atoms with Crippen LogP contribution in [0.15, 0.2) is 23.1 Å². The second-order valence-electron chi connectivity index (χ2n) is 1.87. The van der Waals surface area contributed by atoms with E-state index in [4.69, 9.17) is 9.52 Å². The minimum absolute atomic E-state index is 0.0873. The monoisotopic (exact) mass is 136 g/mol. The fourth-order valence-electron chi connectivity index (χ4n) is 0.744. The molecule has 0 fully saturated rings. The molecule has 4 heteroatoms. The fraction of sp³-hybridized carbons (Fsp3) is 0. The van der Waals surface area contributed by atoms with Crippen LogP contribution < -0.4 is 0 Å². The van der Waals surface area contributed by atoms with Crippen LogP contribution in [0.4, 0.5) is 0 Å². The SMILES string of the molecule is Oc1cnc2ncoc2c1. The van der Waals surface area contributed by atoms with E-state index in [-0.39, 0.29) is 5.75 Å². The first-order valence-corrected chi connectivity index (χ1v) is 2.74. The third-order valence-electron chi connectivity index (χ3n) is 1.17. The molecule has 0 unspecified atom stereocenters. The van der Waals surface area contributed by atoms with E-state index in [0.29, 0.717) is 11.2 Å². The van der Waals surface area contributed by atoms with Crippen LogP contribution in [0.2, 0.25) is 0 Å². The molecule has 10 heavy (non-hydrogen) atoms. The van der Waals surface area contributed by atoms with Gasteiger partial charge in [-0.05, 0) is 0 Å². The Labute approximate surface area is 56.1 Å². The topological polar surface area (TPSA) is 59.2 Å². The number of hydrogen-bond acceptors (Lipinski definition) is 4. The highest BCUT2D eigenvalue weighted by atomic mass is 16.3. The van der Waals surface area contributed by atoms with Crippen molar-refractivity contribution in [2.45, 2.75) is 0 Å². The van der Waals surface area contributed by atoms with Crippen LogP contribution in [0.25, 0.3) is 11.2 Å². The quantitative estimate of drug-likeness (QED) is 0.585. The van der Waals surface area contributed by atoms with Crippen molar-refractivity contribution < 1.29 is 9.52 Å². The van der Waals surface area contributed by atoms with Crippen LogP contribution in [-0.2, 0) is 0 Å². The molecule has 2 aromatic heterocycles. The number of aromatic hydroxyl groups is 1. The first kappa shape index (κ1) is 5.22. The van der Waals surface area contributed by atoms with Crippen LogP contribution in [0, 0.1) is 0 Å². The molecule has 2 rings (SSSR count). The van der Waals surface area contributed by atoms with Crippen molar-refractivity contribution in [1.82, 2.24) is 9.97 Å². The van der Waals surface area contributed by atoms with Gasteiger partial charge in [-0.1, -0.05) is 0 Å². The largest absolute Gasteiger partial charge is 0.506 e. The number of aromatic nitrogens is 2. The number of hydrogen-bond donors (Lipinski definition) is 1. The van der Waals surface area contributed by atoms with Gasteiger partial charge >= 0.3 is 0 Å². The second-order valence-corrected chi connectivity index (χ2v) is 1.87. The number of rotatable bonds is 0. The Kier molecular flexibility index (Phi) is 0.887. The Hall–Kier alpha value is -1.58. The molecule has 0 bridgehead atoms. The van der Waals surface area contributed by atoms with Gasteiger partial charge in [-0.15, -0.1) is 0 Å². The molecule has 0 aromatic carbocycles. The highest BCUT2D eigenvalue weighted by molar-refractivity contribution is 5.68. The molecule has 50 valence electrons. The Morgan fingerprint density at radius 2 is 2.30 bits per heavy atom. The lowest BCUT2D eigenvalue weighted by Gasteiger charge is -1.86. The lowest BCUT2D eigenvalue weighted by Crippen LogP contribution is -1.73. The van der Waals surface area contributed by atoms with Gasteiger partial charge in [-0.3, -0.25) is 0 Å². The van der Waals surface area contributed by atoms with E-state index in [1.165, 1.54) is 18.7 Å². The van der Waals surface area contributed by atoms with Crippen molar-refractivity contribution in [2.75, 3.05) is 0 Å². The molecule has 1 N–H and O–H groups in total. The molecule has 2 aromatic rings. The molecule has 0 spiro atoms. The van der Waals surface area contributed by atoms with Crippen molar-refractivity contribution in [3.8, 4) is 5.75 Å². The number of nitrogens with zero attached hydrogens (tertiary/aromatic N) is 2. The van der Waals surface area contributed by atoms with Crippen LogP contribution >= 0.6 is 0 Å². The molecule has 2 heterocycles. The summed E-state index contributed by atoms with van der Waals surface area (Å²) in [7, 11) is 0. The van der Waals surface area contributed by atoms with E-state index in [0.717, 1.165) is 0 Å². The third kappa shape index (κ3) is 0.621. The van der Waals surface area contributed by atoms with E-state index in [9.17, 15) is 0 Å². The molecular weight excluding hydrogens is 132 g/mol. The van der Waals surface area contributed by atoms with Gasteiger partial charge in [0.2, 0.25) is 0 Å². The highest BCUT2D eigenvalue weighted by Gasteiger charge is 1.98. The number of fused-ring (bicyclic) bond motifs is 1. The predicted octanol–water partition coefficient (Wildman–Crippen LogP) is 0.928. The third-order valence-corrected chi connectivity index (χ3v) is 1.17. The first-order chi connectivity index (χ1) is 4.86. The molecule has 0 saturated heterocycles. The maximum absolute atomic E-state index is 8.90. The minimum Gasteiger partial charge on any atom is -0.506 e. The molecule has 0 radical (unpaired) electrons. The zero-order valence-corrected chi connectivity index (χ0v) is 4.98. The molecule has 0 amide bonds. The van der Waals surface area contributed by atoms with Crippen LogP contribution in [0.5, 0.6) is 5.75 Å². The molecular formula is C6H4N2O2. The van der Waals surface area contributed by atoms with Crippen molar-refractivity contribution in [3.63, 3.8) is 0 Å². The van der Waals surface area contributed by atoms with E-state index in [2.05, 4.69) is 9.97 Å². The van der Waals surface area contributed by atoms with Crippen LogP contribution in [0.1, 0.15) is 0 Å². The molecule has 0 saturated carbocycles. The molecule has 4 nitrogen and oxygen atoms in total. The van der Waals surface area contributed by atoms with Gasteiger partial charge < -0.3 is 9.52 Å². The average molecular weight is 136 g/mol. The lowest BCUT2D eigenvalue weighted by molar-refractivity contribution is 0.472. The Morgan fingerprint density at radius 3 is 3.20 bits per heavy atom. The van der Waals surface area contributed by atoms with Gasteiger partial charge in [-0.2, -0.15) is 4.98 Å². The standard InChI is InChI=1S/C6H4N2O2/c9-4-1-5-6(7-2-4)8-3-10-5/h1-3,9H. The van der Waals surface area contributed by atoms with Gasteiger partial charge in [-0.25, -0.2) is 4.98 Å². The maximum atomic E-state index is 8.90. The summed E-state index contributed by atoms with van der Waals surface area (Å²) in [6, 6.07) is 1.47. The summed E-state index contributed by atoms with van der Waals surface area (Å²) in [6.45, 7) is 0. The van der Waals surface area contributed by atoms with Crippen molar-refractivity contribution in [2.24, 2.45) is 0 Å². The summed E-state index contributed by atoms with van der Waals surface area (Å²) >= 11 is 0.